The molecule has 0 bridgehead atoms. The fraction of sp³-hybridized carbons (Fsp3) is 0.818. The number of hydrogen-bond acceptors (Lipinski definition) is 2. The second kappa shape index (κ2) is 7.27. The Morgan fingerprint density at radius 2 is 2.00 bits per heavy atom. The Balaban J connectivity index is 2.38. The summed E-state index contributed by atoms with van der Waals surface area (Å²) in [6.45, 7) is 1.88. The number of halogens is 1. The third-order valence-corrected chi connectivity index (χ3v) is 3.09. The molecule has 0 aromatic carbocycles. The minimum Gasteiger partial charge on any atom is -0.395 e. The molecular weight excluding hydrogens is 198 g/mol. The highest BCUT2D eigenvalue weighted by atomic mass is 35.5. The molecule has 0 amide bonds. The first-order valence-corrected chi connectivity index (χ1v) is 5.92. The lowest BCUT2D eigenvalue weighted by molar-refractivity contribution is 0.137. The zero-order chi connectivity index (χ0) is 10.2. The molecule has 1 saturated carbocycles. The van der Waals surface area contributed by atoms with Crippen LogP contribution in [0.2, 0.25) is 0 Å². The first kappa shape index (κ1) is 12.0. The van der Waals surface area contributed by atoms with Crippen LogP contribution in [0.4, 0.5) is 0 Å². The molecule has 1 N–H and O–H groups in total. The van der Waals surface area contributed by atoms with Gasteiger partial charge in [-0.3, -0.25) is 4.90 Å². The van der Waals surface area contributed by atoms with Gasteiger partial charge in [0.25, 0.3) is 0 Å². The molecule has 0 unspecified atom stereocenters. The van der Waals surface area contributed by atoms with Gasteiger partial charge in [-0.05, 0) is 12.8 Å². The number of rotatable bonds is 5. The highest BCUT2D eigenvalue weighted by Gasteiger charge is 2.19. The highest BCUT2D eigenvalue weighted by Crippen LogP contribution is 2.22. The number of aliphatic hydroxyl groups excluding tert-OH is 1. The molecule has 0 heterocycles. The third-order valence-electron chi connectivity index (χ3n) is 2.91. The predicted octanol–water partition coefficient (Wildman–Crippen LogP) is 2.37. The van der Waals surface area contributed by atoms with Gasteiger partial charge in [-0.1, -0.05) is 36.9 Å². The van der Waals surface area contributed by atoms with Crippen LogP contribution in [-0.2, 0) is 0 Å². The molecule has 0 saturated heterocycles. The minimum absolute atomic E-state index is 0.243. The second-order valence-corrected chi connectivity index (χ2v) is 4.12. The van der Waals surface area contributed by atoms with E-state index in [4.69, 9.17) is 16.7 Å². The number of nitrogens with zero attached hydrogens (tertiary/aromatic N) is 1. The third kappa shape index (κ3) is 3.99. The van der Waals surface area contributed by atoms with Gasteiger partial charge in [0.05, 0.1) is 6.61 Å². The van der Waals surface area contributed by atoms with Crippen molar-refractivity contribution in [1.29, 1.82) is 0 Å². The van der Waals surface area contributed by atoms with E-state index in [9.17, 15) is 0 Å². The molecule has 1 rings (SSSR count). The van der Waals surface area contributed by atoms with Gasteiger partial charge in [-0.15, -0.1) is 0 Å². The van der Waals surface area contributed by atoms with Crippen molar-refractivity contribution < 1.29 is 5.11 Å². The molecule has 3 heteroatoms. The smallest absolute Gasteiger partial charge is 0.0558 e. The van der Waals surface area contributed by atoms with Crippen LogP contribution in [0.1, 0.15) is 32.1 Å². The van der Waals surface area contributed by atoms with Crippen LogP contribution in [-0.4, -0.2) is 35.7 Å². The number of aliphatic hydroxyl groups is 1. The molecule has 0 spiro atoms. The molecule has 0 aromatic heterocycles. The van der Waals surface area contributed by atoms with Gasteiger partial charge in [0.15, 0.2) is 0 Å². The summed E-state index contributed by atoms with van der Waals surface area (Å²) in [5.74, 6) is 0. The summed E-state index contributed by atoms with van der Waals surface area (Å²) < 4.78 is 0. The highest BCUT2D eigenvalue weighted by molar-refractivity contribution is 6.25. The van der Waals surface area contributed by atoms with Gasteiger partial charge in [0.1, 0.15) is 0 Å². The van der Waals surface area contributed by atoms with Gasteiger partial charge in [0.2, 0.25) is 0 Å². The molecular formula is C11H20ClNO. The van der Waals surface area contributed by atoms with E-state index in [2.05, 4.69) is 4.90 Å². The van der Waals surface area contributed by atoms with Crippen molar-refractivity contribution in [1.82, 2.24) is 4.90 Å². The molecule has 1 aliphatic rings. The molecule has 1 fully saturated rings. The average Bonchev–Trinajstić information content (AvgIpc) is 2.25. The lowest BCUT2D eigenvalue weighted by atomic mass is 9.94. The summed E-state index contributed by atoms with van der Waals surface area (Å²) >= 11 is 5.51. The average molecular weight is 218 g/mol. The van der Waals surface area contributed by atoms with Gasteiger partial charge in [-0.2, -0.15) is 0 Å². The lowest BCUT2D eigenvalue weighted by Gasteiger charge is -2.33. The molecule has 1 aliphatic carbocycles. The molecule has 14 heavy (non-hydrogen) atoms. The Labute approximate surface area is 91.6 Å². The quantitative estimate of drug-likeness (QED) is 0.765. The zero-order valence-electron chi connectivity index (χ0n) is 8.66. The summed E-state index contributed by atoms with van der Waals surface area (Å²) in [5.41, 5.74) is 1.56. The van der Waals surface area contributed by atoms with Crippen LogP contribution in [0.5, 0.6) is 0 Å². The van der Waals surface area contributed by atoms with Crippen LogP contribution < -0.4 is 0 Å². The van der Waals surface area contributed by atoms with Crippen molar-refractivity contribution in [2.24, 2.45) is 0 Å². The maximum Gasteiger partial charge on any atom is 0.0558 e. The van der Waals surface area contributed by atoms with E-state index in [-0.39, 0.29) is 6.61 Å². The first-order chi connectivity index (χ1) is 6.88. The van der Waals surface area contributed by atoms with Crippen molar-refractivity contribution in [3.8, 4) is 0 Å². The van der Waals surface area contributed by atoms with Crippen LogP contribution in [0.25, 0.3) is 0 Å². The van der Waals surface area contributed by atoms with Gasteiger partial charge in [-0.25, -0.2) is 0 Å². The second-order valence-electron chi connectivity index (χ2n) is 3.87. The fourth-order valence-corrected chi connectivity index (χ4v) is 2.25. The van der Waals surface area contributed by atoms with Gasteiger partial charge >= 0.3 is 0 Å². The van der Waals surface area contributed by atoms with Crippen molar-refractivity contribution in [2.45, 2.75) is 38.1 Å². The van der Waals surface area contributed by atoms with E-state index in [1.807, 2.05) is 6.08 Å². The Kier molecular flexibility index (Phi) is 6.24. The number of hydrogen-bond donors (Lipinski definition) is 1. The van der Waals surface area contributed by atoms with Crippen LogP contribution in [0.15, 0.2) is 11.6 Å². The Morgan fingerprint density at radius 1 is 1.29 bits per heavy atom. The van der Waals surface area contributed by atoms with Crippen molar-refractivity contribution in [3.05, 3.63) is 11.6 Å². The molecule has 0 atom stereocenters. The van der Waals surface area contributed by atoms with E-state index in [0.29, 0.717) is 6.04 Å². The van der Waals surface area contributed by atoms with Crippen molar-refractivity contribution >= 4 is 11.6 Å². The minimum atomic E-state index is 0.243. The molecule has 0 aliphatic heterocycles. The van der Waals surface area contributed by atoms with Crippen LogP contribution in [0, 0.1) is 0 Å². The molecule has 0 aromatic rings. The van der Waals surface area contributed by atoms with Gasteiger partial charge in [0, 0.05) is 24.7 Å². The van der Waals surface area contributed by atoms with Gasteiger partial charge < -0.3 is 5.11 Å². The Morgan fingerprint density at radius 3 is 2.57 bits per heavy atom. The normalized spacial score (nSPS) is 19.6. The largest absolute Gasteiger partial charge is 0.395 e. The standard InChI is InChI=1S/C11H20ClNO/c12-7-4-8-13(9-10-14)11-5-2-1-3-6-11/h4,7,11,14H,1-3,5-6,8-10H2/b7-4+. The van der Waals surface area contributed by atoms with Crippen LogP contribution >= 0.6 is 11.6 Å². The monoisotopic (exact) mass is 217 g/mol. The Bertz CT molecular complexity index is 167. The topological polar surface area (TPSA) is 23.5 Å². The maximum atomic E-state index is 8.97. The van der Waals surface area contributed by atoms with Crippen LogP contribution in [0.3, 0.4) is 0 Å². The maximum absolute atomic E-state index is 8.97. The van der Waals surface area contributed by atoms with E-state index < -0.39 is 0 Å². The van der Waals surface area contributed by atoms with E-state index in [0.717, 1.165) is 13.1 Å². The predicted molar refractivity (Wildman–Crippen MR) is 60.5 cm³/mol. The molecule has 82 valence electrons. The van der Waals surface area contributed by atoms with E-state index in [1.54, 1.807) is 5.54 Å². The van der Waals surface area contributed by atoms with Crippen molar-refractivity contribution in [3.63, 3.8) is 0 Å². The molecule has 0 radical (unpaired) electrons. The first-order valence-electron chi connectivity index (χ1n) is 5.48. The van der Waals surface area contributed by atoms with E-state index >= 15 is 0 Å². The SMILES string of the molecule is OCCN(C/C=C/Cl)C1CCCCC1. The summed E-state index contributed by atoms with van der Waals surface area (Å²) in [7, 11) is 0. The fourth-order valence-electron chi connectivity index (χ4n) is 2.17. The molecule has 2 nitrogen and oxygen atoms in total. The zero-order valence-corrected chi connectivity index (χ0v) is 9.42. The summed E-state index contributed by atoms with van der Waals surface area (Å²) in [6, 6.07) is 0.656. The summed E-state index contributed by atoms with van der Waals surface area (Å²) in [4.78, 5) is 2.33. The Hall–Kier alpha value is -0.0500. The summed E-state index contributed by atoms with van der Waals surface area (Å²) in [6.07, 6.45) is 8.53. The summed E-state index contributed by atoms with van der Waals surface area (Å²) in [5, 5.41) is 8.97. The van der Waals surface area contributed by atoms with E-state index in [1.165, 1.54) is 32.1 Å². The van der Waals surface area contributed by atoms with Crippen molar-refractivity contribution in [2.75, 3.05) is 19.7 Å². The lowest BCUT2D eigenvalue weighted by Crippen LogP contribution is -2.38.